The van der Waals surface area contributed by atoms with E-state index in [0.717, 1.165) is 0 Å². The Kier molecular flexibility index (Phi) is 5.72. The maximum absolute atomic E-state index is 12.2. The number of alkyl halides is 3. The van der Waals surface area contributed by atoms with Gasteiger partial charge in [-0.25, -0.2) is 5.12 Å². The van der Waals surface area contributed by atoms with E-state index in [1.807, 2.05) is 0 Å². The first-order valence-corrected chi connectivity index (χ1v) is 5.82. The first kappa shape index (κ1) is 16.5. The monoisotopic (exact) mass is 317 g/mol. The summed E-state index contributed by atoms with van der Waals surface area (Å²) in [4.78, 5) is 0. The van der Waals surface area contributed by atoms with Crippen molar-refractivity contribution in [3.63, 3.8) is 0 Å². The lowest BCUT2D eigenvalue weighted by molar-refractivity contribution is -0.0510. The van der Waals surface area contributed by atoms with Gasteiger partial charge in [0.2, 0.25) is 0 Å². The molecule has 0 fully saturated rings. The molecular formula is C6H5Cl2F4NO3S. The van der Waals surface area contributed by atoms with Gasteiger partial charge in [-0.15, -0.1) is 4.48 Å². The van der Waals surface area contributed by atoms with Gasteiger partial charge in [0.25, 0.3) is 0 Å². The summed E-state index contributed by atoms with van der Waals surface area (Å²) in [5.41, 5.74) is -5.53. The summed E-state index contributed by atoms with van der Waals surface area (Å²) < 4.78 is 69.8. The van der Waals surface area contributed by atoms with Gasteiger partial charge in [-0.1, -0.05) is 23.2 Å². The summed E-state index contributed by atoms with van der Waals surface area (Å²) in [6.45, 7) is 0.0950. The molecule has 0 aliphatic carbocycles. The molecule has 0 saturated heterocycles. The summed E-state index contributed by atoms with van der Waals surface area (Å²) >= 11 is 10.9. The topological polar surface area (TPSA) is 57.6 Å². The highest BCUT2D eigenvalue weighted by molar-refractivity contribution is 7.86. The van der Waals surface area contributed by atoms with E-state index >= 15 is 0 Å². The van der Waals surface area contributed by atoms with Gasteiger partial charge in [0, 0.05) is 5.03 Å². The molecule has 0 unspecified atom stereocenters. The zero-order valence-corrected chi connectivity index (χ0v) is 10.1. The molecule has 0 atom stereocenters. The Morgan fingerprint density at radius 1 is 1.35 bits per heavy atom. The fourth-order valence-electron chi connectivity index (χ4n) is 0.556. The van der Waals surface area contributed by atoms with Crippen LogP contribution in [-0.4, -0.2) is 30.1 Å². The molecule has 0 amide bonds. The summed E-state index contributed by atoms with van der Waals surface area (Å²) in [6.07, 6.45) is 2.69. The Labute approximate surface area is 104 Å². The molecule has 100 valence electrons. The zero-order valence-electron chi connectivity index (χ0n) is 7.75. The Morgan fingerprint density at radius 3 is 2.00 bits per heavy atom. The van der Waals surface area contributed by atoms with Gasteiger partial charge in [0.1, 0.15) is 0 Å². The number of hydrogen-bond donors (Lipinski definition) is 1. The van der Waals surface area contributed by atoms with Crippen molar-refractivity contribution in [1.29, 1.82) is 0 Å². The summed E-state index contributed by atoms with van der Waals surface area (Å²) in [5, 5.41) is 1.16. The van der Waals surface area contributed by atoms with Gasteiger partial charge < -0.3 is 0 Å². The molecule has 0 bridgehead atoms. The van der Waals surface area contributed by atoms with E-state index in [-0.39, 0.29) is 6.54 Å². The normalized spacial score (nSPS) is 16.8. The lowest BCUT2D eigenvalue weighted by Gasteiger charge is -2.11. The maximum atomic E-state index is 12.2. The van der Waals surface area contributed by atoms with E-state index in [9.17, 15) is 17.7 Å². The Bertz CT molecular complexity index is 431. The molecular weight excluding hydrogens is 313 g/mol. The van der Waals surface area contributed by atoms with Crippen LogP contribution in [0.2, 0.25) is 0 Å². The van der Waals surface area contributed by atoms with Crippen molar-refractivity contribution in [3.8, 4) is 0 Å². The fraction of sp³-hybridized carbons (Fsp3) is 0.333. The second-order valence-electron chi connectivity index (χ2n) is 2.58. The lowest BCUT2D eigenvalue weighted by atomic mass is 10.4. The number of allylic oxidation sites excluding steroid dienone is 2. The van der Waals surface area contributed by atoms with Gasteiger partial charge >= 0.3 is 15.6 Å². The summed E-state index contributed by atoms with van der Waals surface area (Å²) in [5.74, 6) is 0. The van der Waals surface area contributed by atoms with Crippen LogP contribution in [0, 0.1) is 0 Å². The van der Waals surface area contributed by atoms with E-state index in [2.05, 4.69) is 0 Å². The Hall–Kier alpha value is -0.510. The van der Waals surface area contributed by atoms with Crippen molar-refractivity contribution in [3.05, 3.63) is 22.3 Å². The smallest absolute Gasteiger partial charge is 0.279 e. The van der Waals surface area contributed by atoms with Crippen molar-refractivity contribution in [2.75, 3.05) is 6.54 Å². The van der Waals surface area contributed by atoms with Gasteiger partial charge in [-0.05, 0) is 6.08 Å². The van der Waals surface area contributed by atoms with Crippen LogP contribution < -0.4 is 0 Å². The standard InChI is InChI=1S/C5H4Cl2FN.CHF3O3S/c6-4-1-5(7)3-9(8)2-4;2-1(3,4)8(5,6)7/h1-2H,3H2;(H,5,6,7). The van der Waals surface area contributed by atoms with Crippen molar-refractivity contribution < 1.29 is 30.6 Å². The summed E-state index contributed by atoms with van der Waals surface area (Å²) in [6, 6.07) is 0. The van der Waals surface area contributed by atoms with Crippen LogP contribution in [-0.2, 0) is 10.1 Å². The van der Waals surface area contributed by atoms with Crippen molar-refractivity contribution >= 4 is 33.3 Å². The van der Waals surface area contributed by atoms with Crippen LogP contribution in [0.1, 0.15) is 0 Å². The molecule has 0 saturated carbocycles. The first-order chi connectivity index (χ1) is 7.43. The zero-order chi connectivity index (χ0) is 13.9. The molecule has 0 radical (unpaired) electrons. The minimum Gasteiger partial charge on any atom is -0.279 e. The van der Waals surface area contributed by atoms with Crippen LogP contribution >= 0.6 is 23.2 Å². The number of rotatable bonds is 0. The van der Waals surface area contributed by atoms with E-state index in [0.29, 0.717) is 15.2 Å². The third-order valence-corrected chi connectivity index (χ3v) is 2.17. The molecule has 4 nitrogen and oxygen atoms in total. The summed E-state index contributed by atoms with van der Waals surface area (Å²) in [7, 11) is -5.84. The molecule has 0 aromatic carbocycles. The molecule has 1 heterocycles. The lowest BCUT2D eigenvalue weighted by Crippen LogP contribution is -2.21. The molecule has 17 heavy (non-hydrogen) atoms. The van der Waals surface area contributed by atoms with Gasteiger partial charge in [-0.3, -0.25) is 4.55 Å². The predicted molar refractivity (Wildman–Crippen MR) is 53.3 cm³/mol. The minimum absolute atomic E-state index is 0.0950. The van der Waals surface area contributed by atoms with Gasteiger partial charge in [0.15, 0.2) is 0 Å². The van der Waals surface area contributed by atoms with Crippen molar-refractivity contribution in [2.45, 2.75) is 5.51 Å². The van der Waals surface area contributed by atoms with E-state index in [4.69, 9.17) is 36.2 Å². The molecule has 0 aromatic rings. The molecule has 11 heteroatoms. The van der Waals surface area contributed by atoms with Gasteiger partial charge in [0.05, 0.1) is 17.8 Å². The minimum atomic E-state index is -5.84. The van der Waals surface area contributed by atoms with E-state index in [1.165, 1.54) is 12.3 Å². The van der Waals surface area contributed by atoms with E-state index < -0.39 is 15.6 Å². The molecule has 1 aliphatic rings. The molecule has 0 aromatic heterocycles. The highest BCUT2D eigenvalue weighted by Crippen LogP contribution is 2.20. The first-order valence-electron chi connectivity index (χ1n) is 3.63. The van der Waals surface area contributed by atoms with Crippen LogP contribution in [0.4, 0.5) is 17.7 Å². The average Bonchev–Trinajstić information content (AvgIpc) is 1.96. The molecule has 0 spiro atoms. The van der Waals surface area contributed by atoms with Crippen molar-refractivity contribution in [1.82, 2.24) is 5.12 Å². The quantitative estimate of drug-likeness (QED) is 0.323. The third-order valence-electron chi connectivity index (χ3n) is 1.15. The highest BCUT2D eigenvalue weighted by Gasteiger charge is 2.44. The molecule has 1 rings (SSSR count). The van der Waals surface area contributed by atoms with E-state index in [1.54, 1.807) is 0 Å². The maximum Gasteiger partial charge on any atom is 0.522 e. The predicted octanol–water partition coefficient (Wildman–Crippen LogP) is 2.78. The average molecular weight is 318 g/mol. The fourth-order valence-corrected chi connectivity index (χ4v) is 1.08. The SMILES string of the molecule is FN1C=C(Cl)C=C(Cl)C1.O=S(=O)(O)C(F)(F)F. The van der Waals surface area contributed by atoms with Crippen LogP contribution in [0.15, 0.2) is 22.3 Å². The second kappa shape index (κ2) is 5.89. The van der Waals surface area contributed by atoms with Crippen LogP contribution in [0.5, 0.6) is 0 Å². The van der Waals surface area contributed by atoms with Crippen LogP contribution in [0.25, 0.3) is 0 Å². The number of halogens is 6. The molecule has 1 aliphatic heterocycles. The Morgan fingerprint density at radius 2 is 1.76 bits per heavy atom. The number of nitrogens with zero attached hydrogens (tertiary/aromatic N) is 1. The third kappa shape index (κ3) is 6.71. The van der Waals surface area contributed by atoms with Gasteiger partial charge in [-0.2, -0.15) is 21.6 Å². The Balaban J connectivity index is 0.000000304. The largest absolute Gasteiger partial charge is 0.522 e. The highest BCUT2D eigenvalue weighted by atomic mass is 35.5. The number of hydrogen-bond acceptors (Lipinski definition) is 3. The second-order valence-corrected chi connectivity index (χ2v) is 4.92. The van der Waals surface area contributed by atoms with Crippen LogP contribution in [0.3, 0.4) is 0 Å². The van der Waals surface area contributed by atoms with Crippen molar-refractivity contribution in [2.24, 2.45) is 0 Å². The molecule has 1 N–H and O–H groups in total.